The van der Waals surface area contributed by atoms with E-state index in [-0.39, 0.29) is 36.0 Å². The molecule has 0 aromatic heterocycles. The minimum atomic E-state index is -0.717. The van der Waals surface area contributed by atoms with Crippen molar-refractivity contribution in [2.45, 2.75) is 55.9 Å². The predicted octanol–water partition coefficient (Wildman–Crippen LogP) is 1.81. The summed E-state index contributed by atoms with van der Waals surface area (Å²) in [7, 11) is 0. The fourth-order valence-corrected chi connectivity index (χ4v) is 6.53. The zero-order valence-electron chi connectivity index (χ0n) is 19.1. The van der Waals surface area contributed by atoms with Crippen LogP contribution in [0, 0.1) is 11.3 Å². The summed E-state index contributed by atoms with van der Waals surface area (Å²) in [5.74, 6) is -0.0465. The molecule has 0 unspecified atom stereocenters. The highest BCUT2D eigenvalue weighted by Gasteiger charge is 2.53. The van der Waals surface area contributed by atoms with E-state index in [9.17, 15) is 14.9 Å². The topological polar surface area (TPSA) is 93.7 Å². The largest absolute Gasteiger partial charge is 0.326 e. The van der Waals surface area contributed by atoms with E-state index >= 15 is 0 Å². The quantitative estimate of drug-likeness (QED) is 0.759. The molecule has 6 rings (SSSR count). The summed E-state index contributed by atoms with van der Waals surface area (Å²) in [5, 5.41) is 9.32. The van der Waals surface area contributed by atoms with Gasteiger partial charge in [-0.1, -0.05) is 48.5 Å². The highest BCUT2D eigenvalue weighted by atomic mass is 16.2. The van der Waals surface area contributed by atoms with Crippen molar-refractivity contribution in [3.8, 4) is 6.07 Å². The summed E-state index contributed by atoms with van der Waals surface area (Å²) >= 11 is 0. The SMILES string of the molecule is N#C[C@@H]1CCCN1C(=O)[C@@H](N)CN1C[C@@H]2C[C@H]1C(=O)N2C1c2ccccc2Cc2ccccc21. The summed E-state index contributed by atoms with van der Waals surface area (Å²) in [6.07, 6.45) is 3.21. The van der Waals surface area contributed by atoms with Crippen LogP contribution in [0.5, 0.6) is 0 Å². The maximum Gasteiger partial charge on any atom is 0.241 e. The molecule has 3 fully saturated rings. The van der Waals surface area contributed by atoms with Crippen LogP contribution >= 0.6 is 0 Å². The second-order valence-corrected chi connectivity index (χ2v) is 10.0. The summed E-state index contributed by atoms with van der Waals surface area (Å²) in [6.45, 7) is 1.66. The zero-order chi connectivity index (χ0) is 23.4. The van der Waals surface area contributed by atoms with Gasteiger partial charge in [-0.15, -0.1) is 0 Å². The fraction of sp³-hybridized carbons (Fsp3) is 0.444. The molecule has 34 heavy (non-hydrogen) atoms. The van der Waals surface area contributed by atoms with Gasteiger partial charge in [0.2, 0.25) is 11.8 Å². The molecule has 174 valence electrons. The molecule has 4 atom stereocenters. The number of nitrogens with zero attached hydrogens (tertiary/aromatic N) is 4. The van der Waals surface area contributed by atoms with Crippen LogP contribution in [-0.4, -0.2) is 70.3 Å². The number of carbonyl (C=O) groups is 2. The van der Waals surface area contributed by atoms with Crippen molar-refractivity contribution >= 4 is 11.8 Å². The Labute approximate surface area is 199 Å². The number of amides is 2. The molecular weight excluding hydrogens is 426 g/mol. The summed E-state index contributed by atoms with van der Waals surface area (Å²) in [4.78, 5) is 32.4. The average molecular weight is 456 g/mol. The van der Waals surface area contributed by atoms with Crippen LogP contribution in [0.1, 0.15) is 47.6 Å². The van der Waals surface area contributed by atoms with Gasteiger partial charge in [0.1, 0.15) is 6.04 Å². The average Bonchev–Trinajstić information content (AvgIpc) is 3.57. The number of hydrogen-bond acceptors (Lipinski definition) is 5. The Morgan fingerprint density at radius 3 is 2.44 bits per heavy atom. The second kappa shape index (κ2) is 8.23. The Morgan fingerprint density at radius 1 is 1.12 bits per heavy atom. The van der Waals surface area contributed by atoms with Crippen molar-refractivity contribution in [3.05, 3.63) is 70.8 Å². The van der Waals surface area contributed by atoms with E-state index < -0.39 is 6.04 Å². The number of hydrogen-bond donors (Lipinski definition) is 1. The van der Waals surface area contributed by atoms with Crippen LogP contribution in [0.25, 0.3) is 0 Å². The summed E-state index contributed by atoms with van der Waals surface area (Å²) in [6, 6.07) is 17.8. The van der Waals surface area contributed by atoms with E-state index in [0.29, 0.717) is 19.5 Å². The van der Waals surface area contributed by atoms with Crippen molar-refractivity contribution in [2.24, 2.45) is 5.73 Å². The maximum absolute atomic E-state index is 13.7. The second-order valence-electron chi connectivity index (χ2n) is 10.0. The number of nitrogens with two attached hydrogens (primary N) is 1. The van der Waals surface area contributed by atoms with Crippen molar-refractivity contribution < 1.29 is 9.59 Å². The van der Waals surface area contributed by atoms with Gasteiger partial charge in [0.25, 0.3) is 0 Å². The van der Waals surface area contributed by atoms with Crippen molar-refractivity contribution in [1.29, 1.82) is 5.26 Å². The molecule has 7 nitrogen and oxygen atoms in total. The number of likely N-dealkylation sites (tertiary alicyclic amines) is 3. The van der Waals surface area contributed by atoms with Gasteiger partial charge in [-0.3, -0.25) is 14.5 Å². The molecule has 2 amide bonds. The van der Waals surface area contributed by atoms with E-state index in [1.807, 2.05) is 0 Å². The van der Waals surface area contributed by atoms with Crippen LogP contribution in [0.3, 0.4) is 0 Å². The van der Waals surface area contributed by atoms with Gasteiger partial charge in [-0.25, -0.2) is 0 Å². The van der Waals surface area contributed by atoms with Crippen LogP contribution in [0.2, 0.25) is 0 Å². The van der Waals surface area contributed by atoms with E-state index in [0.717, 1.165) is 25.8 Å². The lowest BCUT2D eigenvalue weighted by Gasteiger charge is -2.42. The molecule has 0 saturated carbocycles. The highest BCUT2D eigenvalue weighted by Crippen LogP contribution is 2.45. The van der Waals surface area contributed by atoms with Crippen molar-refractivity contribution in [1.82, 2.24) is 14.7 Å². The number of carbonyl (C=O) groups excluding carboxylic acids is 2. The van der Waals surface area contributed by atoms with Crippen LogP contribution in [-0.2, 0) is 16.0 Å². The minimum absolute atomic E-state index is 0.0675. The lowest BCUT2D eigenvalue weighted by Crippen LogP contribution is -2.57. The molecule has 3 saturated heterocycles. The first-order valence-electron chi connectivity index (χ1n) is 12.2. The Hall–Kier alpha value is -3.21. The lowest BCUT2D eigenvalue weighted by atomic mass is 9.81. The predicted molar refractivity (Wildman–Crippen MR) is 126 cm³/mol. The molecule has 3 heterocycles. The van der Waals surface area contributed by atoms with Crippen molar-refractivity contribution in [2.75, 3.05) is 19.6 Å². The van der Waals surface area contributed by atoms with E-state index in [4.69, 9.17) is 5.73 Å². The van der Waals surface area contributed by atoms with Gasteiger partial charge in [0.15, 0.2) is 0 Å². The molecular formula is C27H29N5O2. The third-order valence-electron chi connectivity index (χ3n) is 8.11. The maximum atomic E-state index is 13.7. The first-order valence-corrected chi connectivity index (χ1v) is 12.2. The Kier molecular flexibility index (Phi) is 5.16. The molecule has 2 aromatic carbocycles. The lowest BCUT2D eigenvalue weighted by molar-refractivity contribution is -0.140. The monoisotopic (exact) mass is 455 g/mol. The molecule has 0 radical (unpaired) electrons. The van der Waals surface area contributed by atoms with Gasteiger partial charge < -0.3 is 15.5 Å². The Bertz CT molecular complexity index is 1140. The van der Waals surface area contributed by atoms with E-state index in [1.165, 1.54) is 22.3 Å². The molecule has 4 aliphatic rings. The van der Waals surface area contributed by atoms with Gasteiger partial charge in [0, 0.05) is 25.7 Å². The smallest absolute Gasteiger partial charge is 0.241 e. The van der Waals surface area contributed by atoms with E-state index in [1.54, 1.807) is 4.90 Å². The molecule has 3 aliphatic heterocycles. The standard InChI is InChI=1S/C27H29N5O2/c28-14-19-8-5-11-31(19)26(33)23(29)16-30-15-20-13-24(30)27(34)32(20)25-21-9-3-1-6-17(21)12-18-7-2-4-10-22(18)25/h1-4,6-7,9-10,19-20,23-25H,5,8,11-13,15-16,29H2/t19-,20-,23-,24-/m0/s1. The van der Waals surface area contributed by atoms with Crippen LogP contribution in [0.4, 0.5) is 0 Å². The molecule has 0 spiro atoms. The Balaban J connectivity index is 1.22. The normalized spacial score (nSPS) is 26.9. The highest BCUT2D eigenvalue weighted by molar-refractivity contribution is 5.87. The van der Waals surface area contributed by atoms with Crippen LogP contribution < -0.4 is 5.73 Å². The molecule has 1 aliphatic carbocycles. The summed E-state index contributed by atoms with van der Waals surface area (Å²) < 4.78 is 0. The molecule has 2 aromatic rings. The van der Waals surface area contributed by atoms with E-state index in [2.05, 4.69) is 64.4 Å². The van der Waals surface area contributed by atoms with Gasteiger partial charge >= 0.3 is 0 Å². The van der Waals surface area contributed by atoms with Crippen molar-refractivity contribution in [3.63, 3.8) is 0 Å². The minimum Gasteiger partial charge on any atom is -0.326 e. The first-order chi connectivity index (χ1) is 16.6. The number of benzene rings is 2. The molecule has 2 bridgehead atoms. The molecule has 7 heteroatoms. The number of piperazine rings is 1. The van der Waals surface area contributed by atoms with Crippen LogP contribution in [0.15, 0.2) is 48.5 Å². The number of fused-ring (bicyclic) bond motifs is 4. The van der Waals surface area contributed by atoms with Gasteiger partial charge in [0.05, 0.1) is 24.2 Å². The third-order valence-corrected chi connectivity index (χ3v) is 8.11. The summed E-state index contributed by atoms with van der Waals surface area (Å²) in [5.41, 5.74) is 11.3. The van der Waals surface area contributed by atoms with Gasteiger partial charge in [-0.2, -0.15) is 5.26 Å². The zero-order valence-corrected chi connectivity index (χ0v) is 19.1. The number of rotatable bonds is 4. The molecule has 2 N–H and O–H groups in total. The third kappa shape index (κ3) is 3.24. The first kappa shape index (κ1) is 21.3. The fourth-order valence-electron chi connectivity index (χ4n) is 6.53. The van der Waals surface area contributed by atoms with Gasteiger partial charge in [-0.05, 0) is 47.9 Å². The Morgan fingerprint density at radius 2 is 1.79 bits per heavy atom. The number of nitriles is 1.